The number of benzene rings is 2. The molecule has 1 saturated heterocycles. The summed E-state index contributed by atoms with van der Waals surface area (Å²) in [5.74, 6) is -0.873. The first-order chi connectivity index (χ1) is 14.5. The summed E-state index contributed by atoms with van der Waals surface area (Å²) in [7, 11) is 0. The van der Waals surface area contributed by atoms with Crippen LogP contribution >= 0.6 is 0 Å². The number of imide groups is 1. The standard InChI is InChI=1S/C25H28N2O3/c1-3-16-9-7-10-17(4-2)22(16)26-23(28)18-11-8-12-19(15-18)27-24(29)20-13-5-6-14-21(20)25(27)30/h7-12,15,20-21H,3-6,13-14H2,1-2H3,(H,26,28)/t20-,21-/m1/s1. The second-order valence-corrected chi connectivity index (χ2v) is 8.17. The van der Waals surface area contributed by atoms with Gasteiger partial charge in [0.15, 0.2) is 0 Å². The lowest BCUT2D eigenvalue weighted by Gasteiger charge is -2.19. The molecule has 156 valence electrons. The molecule has 4 rings (SSSR count). The van der Waals surface area contributed by atoms with Gasteiger partial charge in [0.25, 0.3) is 5.91 Å². The third kappa shape index (κ3) is 3.53. The first-order valence-corrected chi connectivity index (χ1v) is 10.9. The molecule has 1 aliphatic heterocycles. The van der Waals surface area contributed by atoms with Gasteiger partial charge in [-0.1, -0.05) is 51.0 Å². The Morgan fingerprint density at radius 1 is 0.933 bits per heavy atom. The monoisotopic (exact) mass is 404 g/mol. The summed E-state index contributed by atoms with van der Waals surface area (Å²) < 4.78 is 0. The highest BCUT2D eigenvalue weighted by molar-refractivity contribution is 6.22. The fourth-order valence-corrected chi connectivity index (χ4v) is 4.79. The van der Waals surface area contributed by atoms with E-state index in [0.717, 1.165) is 55.3 Å². The van der Waals surface area contributed by atoms with Gasteiger partial charge >= 0.3 is 0 Å². The molecule has 0 aromatic heterocycles. The molecule has 2 aliphatic rings. The highest BCUT2D eigenvalue weighted by Gasteiger charge is 2.48. The number of hydrogen-bond donors (Lipinski definition) is 1. The third-order valence-electron chi connectivity index (χ3n) is 6.45. The Labute approximate surface area is 177 Å². The first-order valence-electron chi connectivity index (χ1n) is 10.9. The van der Waals surface area contributed by atoms with E-state index in [1.165, 1.54) is 4.90 Å². The molecule has 2 atom stereocenters. The Hall–Kier alpha value is -2.95. The zero-order chi connectivity index (χ0) is 21.3. The number of nitrogens with one attached hydrogen (secondary N) is 1. The maximum absolute atomic E-state index is 13.0. The number of carbonyl (C=O) groups is 3. The van der Waals surface area contributed by atoms with Gasteiger partial charge in [-0.05, 0) is 55.0 Å². The highest BCUT2D eigenvalue weighted by Crippen LogP contribution is 2.40. The third-order valence-corrected chi connectivity index (χ3v) is 6.45. The average Bonchev–Trinajstić information content (AvgIpc) is 3.04. The van der Waals surface area contributed by atoms with Crippen molar-refractivity contribution in [3.63, 3.8) is 0 Å². The fraction of sp³-hybridized carbons (Fsp3) is 0.400. The number of hydrogen-bond acceptors (Lipinski definition) is 3. The minimum Gasteiger partial charge on any atom is -0.321 e. The summed E-state index contributed by atoms with van der Waals surface area (Å²) in [6.07, 6.45) is 5.19. The van der Waals surface area contributed by atoms with Crippen molar-refractivity contribution in [2.45, 2.75) is 52.4 Å². The molecular weight excluding hydrogens is 376 g/mol. The molecule has 2 aromatic rings. The van der Waals surface area contributed by atoms with Gasteiger partial charge in [-0.25, -0.2) is 0 Å². The van der Waals surface area contributed by atoms with Crippen LogP contribution in [0.5, 0.6) is 0 Å². The van der Waals surface area contributed by atoms with Crippen molar-refractivity contribution < 1.29 is 14.4 Å². The van der Waals surface area contributed by atoms with Crippen LogP contribution in [-0.4, -0.2) is 17.7 Å². The highest BCUT2D eigenvalue weighted by atomic mass is 16.2. The van der Waals surface area contributed by atoms with Gasteiger partial charge in [0.1, 0.15) is 0 Å². The van der Waals surface area contributed by atoms with E-state index < -0.39 is 0 Å². The quantitative estimate of drug-likeness (QED) is 0.732. The molecule has 30 heavy (non-hydrogen) atoms. The summed E-state index contributed by atoms with van der Waals surface area (Å²) in [5.41, 5.74) is 3.97. The van der Waals surface area contributed by atoms with E-state index in [4.69, 9.17) is 0 Å². The molecule has 5 nitrogen and oxygen atoms in total. The van der Waals surface area contributed by atoms with Gasteiger partial charge in [-0.3, -0.25) is 19.3 Å². The molecule has 0 radical (unpaired) electrons. The molecule has 1 N–H and O–H groups in total. The molecule has 2 aromatic carbocycles. The summed E-state index contributed by atoms with van der Waals surface area (Å²) in [6, 6.07) is 12.9. The minimum atomic E-state index is -0.232. The van der Waals surface area contributed by atoms with Crippen molar-refractivity contribution in [1.29, 1.82) is 0 Å². The van der Waals surface area contributed by atoms with Gasteiger partial charge in [0, 0.05) is 11.3 Å². The number of carbonyl (C=O) groups excluding carboxylic acids is 3. The smallest absolute Gasteiger partial charge is 0.255 e. The van der Waals surface area contributed by atoms with E-state index in [9.17, 15) is 14.4 Å². The minimum absolute atomic E-state index is 0.119. The summed E-state index contributed by atoms with van der Waals surface area (Å²) in [4.78, 5) is 40.1. The molecule has 5 heteroatoms. The van der Waals surface area contributed by atoms with Crippen LogP contribution in [-0.2, 0) is 22.4 Å². The van der Waals surface area contributed by atoms with Crippen molar-refractivity contribution in [3.05, 3.63) is 59.2 Å². The Morgan fingerprint density at radius 3 is 2.07 bits per heavy atom. The van der Waals surface area contributed by atoms with Gasteiger partial charge in [0.2, 0.25) is 11.8 Å². The summed E-state index contributed by atoms with van der Waals surface area (Å²) in [5, 5.41) is 3.06. The predicted octanol–water partition coefficient (Wildman–Crippen LogP) is 4.74. The van der Waals surface area contributed by atoms with Crippen LogP contribution in [0, 0.1) is 11.8 Å². The van der Waals surface area contributed by atoms with E-state index in [-0.39, 0.29) is 29.6 Å². The van der Waals surface area contributed by atoms with Crippen molar-refractivity contribution in [3.8, 4) is 0 Å². The zero-order valence-corrected chi connectivity index (χ0v) is 17.6. The Morgan fingerprint density at radius 2 is 1.50 bits per heavy atom. The van der Waals surface area contributed by atoms with E-state index in [2.05, 4.69) is 19.2 Å². The first kappa shape index (κ1) is 20.3. The number of rotatable bonds is 5. The second kappa shape index (κ2) is 8.42. The lowest BCUT2D eigenvalue weighted by Crippen LogP contribution is -2.31. The molecule has 1 heterocycles. The van der Waals surface area contributed by atoms with Crippen molar-refractivity contribution in [1.82, 2.24) is 0 Å². The van der Waals surface area contributed by atoms with Crippen LogP contribution in [0.4, 0.5) is 11.4 Å². The van der Waals surface area contributed by atoms with Crippen LogP contribution in [0.15, 0.2) is 42.5 Å². The number of nitrogens with zero attached hydrogens (tertiary/aromatic N) is 1. The molecule has 1 aliphatic carbocycles. The number of amides is 3. The van der Waals surface area contributed by atoms with Crippen LogP contribution in [0.25, 0.3) is 0 Å². The van der Waals surface area contributed by atoms with Gasteiger partial charge < -0.3 is 5.32 Å². The molecule has 0 unspecified atom stereocenters. The van der Waals surface area contributed by atoms with Crippen LogP contribution < -0.4 is 10.2 Å². The van der Waals surface area contributed by atoms with Crippen molar-refractivity contribution in [2.75, 3.05) is 10.2 Å². The Bertz CT molecular complexity index is 951. The fourth-order valence-electron chi connectivity index (χ4n) is 4.79. The number of para-hydroxylation sites is 1. The van der Waals surface area contributed by atoms with E-state index in [0.29, 0.717) is 11.3 Å². The van der Waals surface area contributed by atoms with Crippen LogP contribution in [0.3, 0.4) is 0 Å². The van der Waals surface area contributed by atoms with E-state index in [1.54, 1.807) is 24.3 Å². The molecule has 2 fully saturated rings. The summed E-state index contributed by atoms with van der Waals surface area (Å²) in [6.45, 7) is 4.13. The van der Waals surface area contributed by atoms with Gasteiger partial charge in [-0.15, -0.1) is 0 Å². The Balaban J connectivity index is 1.61. The molecule has 0 bridgehead atoms. The topological polar surface area (TPSA) is 66.5 Å². The lowest BCUT2D eigenvalue weighted by atomic mass is 9.81. The average molecular weight is 405 g/mol. The molecule has 3 amide bonds. The summed E-state index contributed by atoms with van der Waals surface area (Å²) >= 11 is 0. The normalized spacial score (nSPS) is 20.9. The lowest BCUT2D eigenvalue weighted by molar-refractivity contribution is -0.122. The van der Waals surface area contributed by atoms with Crippen LogP contribution in [0.1, 0.15) is 61.0 Å². The Kier molecular flexibility index (Phi) is 5.71. The maximum Gasteiger partial charge on any atom is 0.255 e. The van der Waals surface area contributed by atoms with Gasteiger partial charge in [0.05, 0.1) is 17.5 Å². The SMILES string of the molecule is CCc1cccc(CC)c1NC(=O)c1cccc(N2C(=O)[C@@H]3CCCC[C@H]3C2=O)c1. The second-order valence-electron chi connectivity index (χ2n) is 8.17. The van der Waals surface area contributed by atoms with Crippen molar-refractivity contribution in [2.24, 2.45) is 11.8 Å². The van der Waals surface area contributed by atoms with Gasteiger partial charge in [-0.2, -0.15) is 0 Å². The maximum atomic E-state index is 13.0. The molecule has 1 saturated carbocycles. The number of fused-ring (bicyclic) bond motifs is 1. The zero-order valence-electron chi connectivity index (χ0n) is 17.6. The molecule has 0 spiro atoms. The number of aryl methyl sites for hydroxylation is 2. The largest absolute Gasteiger partial charge is 0.321 e. The van der Waals surface area contributed by atoms with Crippen LogP contribution in [0.2, 0.25) is 0 Å². The molecular formula is C25H28N2O3. The van der Waals surface area contributed by atoms with E-state index >= 15 is 0 Å². The van der Waals surface area contributed by atoms with Crippen molar-refractivity contribution >= 4 is 29.1 Å². The van der Waals surface area contributed by atoms with E-state index in [1.807, 2.05) is 18.2 Å². The number of anilines is 2. The predicted molar refractivity (Wildman–Crippen MR) is 118 cm³/mol.